The minimum absolute atomic E-state index is 0.184. The highest BCUT2D eigenvalue weighted by Gasteiger charge is 2.66. The monoisotopic (exact) mass is 497 g/mol. The zero-order valence-corrected chi connectivity index (χ0v) is 19.7. The molecule has 0 bridgehead atoms. The maximum absolute atomic E-state index is 13.8. The lowest BCUT2D eigenvalue weighted by molar-refractivity contribution is -0.143. The van der Waals surface area contributed by atoms with Crippen LogP contribution >= 0.6 is 15.9 Å². The van der Waals surface area contributed by atoms with Crippen molar-refractivity contribution in [3.8, 4) is 0 Å². The zero-order valence-electron chi connectivity index (χ0n) is 18.1. The lowest BCUT2D eigenvalue weighted by Gasteiger charge is -2.34. The predicted octanol–water partition coefficient (Wildman–Crippen LogP) is 2.95. The van der Waals surface area contributed by atoms with Crippen molar-refractivity contribution in [3.63, 3.8) is 0 Å². The van der Waals surface area contributed by atoms with Gasteiger partial charge in [-0.1, -0.05) is 46.3 Å². The Labute approximate surface area is 195 Å². The molecule has 7 nitrogen and oxygen atoms in total. The minimum atomic E-state index is -1.69. The van der Waals surface area contributed by atoms with E-state index in [2.05, 4.69) is 15.9 Å². The smallest absolute Gasteiger partial charge is 0.296 e. The van der Waals surface area contributed by atoms with Crippen molar-refractivity contribution in [1.82, 2.24) is 9.80 Å². The number of nitrogens with zero attached hydrogens (tertiary/aromatic N) is 3. The first-order valence-electron chi connectivity index (χ1n) is 10.3. The number of aliphatic hydroxyl groups excluding tert-OH is 1. The molecule has 1 N–H and O–H groups in total. The number of fused-ring (bicyclic) bond motifs is 2. The molecule has 2 amide bonds. The topological polar surface area (TPSA) is 81.2 Å². The molecule has 4 rings (SSSR count). The maximum atomic E-state index is 13.8. The SMILES string of the molecule is CN(C)CCCN1C(=O)C(=O)C(=C(O)c2ccc(Br)cc2)[C@]12C(=O)N(C)c1ccccc12. The van der Waals surface area contributed by atoms with E-state index in [4.69, 9.17) is 0 Å². The van der Waals surface area contributed by atoms with Gasteiger partial charge < -0.3 is 19.8 Å². The average Bonchev–Trinajstić information content (AvgIpc) is 3.13. The largest absolute Gasteiger partial charge is 0.507 e. The van der Waals surface area contributed by atoms with Crippen LogP contribution < -0.4 is 4.90 Å². The molecule has 0 unspecified atom stereocenters. The lowest BCUT2D eigenvalue weighted by atomic mass is 9.82. The number of amides is 2. The van der Waals surface area contributed by atoms with E-state index >= 15 is 0 Å². The van der Waals surface area contributed by atoms with Gasteiger partial charge in [-0.15, -0.1) is 0 Å². The number of anilines is 1. The highest BCUT2D eigenvalue weighted by Crippen LogP contribution is 2.53. The Kier molecular flexibility index (Phi) is 5.68. The third kappa shape index (κ3) is 3.17. The number of likely N-dealkylation sites (tertiary alicyclic amines) is 1. The van der Waals surface area contributed by atoms with Gasteiger partial charge in [-0.25, -0.2) is 0 Å². The summed E-state index contributed by atoms with van der Waals surface area (Å²) in [5, 5.41) is 11.3. The number of hydrogen-bond donors (Lipinski definition) is 1. The molecule has 2 aliphatic heterocycles. The first-order valence-corrected chi connectivity index (χ1v) is 11.1. The number of hydrogen-bond acceptors (Lipinski definition) is 5. The number of rotatable bonds is 5. The van der Waals surface area contributed by atoms with E-state index < -0.39 is 23.1 Å². The van der Waals surface area contributed by atoms with Gasteiger partial charge in [-0.05, 0) is 45.3 Å². The van der Waals surface area contributed by atoms with Crippen LogP contribution in [0.2, 0.25) is 0 Å². The molecule has 32 heavy (non-hydrogen) atoms. The van der Waals surface area contributed by atoms with E-state index in [0.29, 0.717) is 29.8 Å². The third-order valence-corrected chi connectivity index (χ3v) is 6.57. The van der Waals surface area contributed by atoms with Crippen molar-refractivity contribution in [2.75, 3.05) is 39.1 Å². The molecule has 0 saturated carbocycles. The molecular formula is C24H24BrN3O4. The maximum Gasteiger partial charge on any atom is 0.296 e. The van der Waals surface area contributed by atoms with Crippen LogP contribution in [0.4, 0.5) is 5.69 Å². The van der Waals surface area contributed by atoms with Crippen LogP contribution in [0.3, 0.4) is 0 Å². The molecule has 2 heterocycles. The molecule has 1 saturated heterocycles. The molecule has 0 radical (unpaired) electrons. The summed E-state index contributed by atoms with van der Waals surface area (Å²) >= 11 is 3.36. The van der Waals surface area contributed by atoms with E-state index in [-0.39, 0.29) is 17.9 Å². The summed E-state index contributed by atoms with van der Waals surface area (Å²) in [6.45, 7) is 0.880. The number of para-hydroxylation sites is 1. The second kappa shape index (κ2) is 8.18. The Morgan fingerprint density at radius 2 is 1.72 bits per heavy atom. The van der Waals surface area contributed by atoms with Crippen LogP contribution in [0.1, 0.15) is 17.5 Å². The molecule has 0 aliphatic carbocycles. The van der Waals surface area contributed by atoms with Crippen molar-refractivity contribution in [2.45, 2.75) is 12.0 Å². The number of carbonyl (C=O) groups excluding carboxylic acids is 3. The molecule has 2 aromatic carbocycles. The van der Waals surface area contributed by atoms with Crippen LogP contribution in [-0.2, 0) is 19.9 Å². The molecule has 1 spiro atoms. The first kappa shape index (κ1) is 22.2. The van der Waals surface area contributed by atoms with Crippen LogP contribution in [0, 0.1) is 0 Å². The van der Waals surface area contributed by atoms with Gasteiger partial charge in [-0.3, -0.25) is 14.4 Å². The van der Waals surface area contributed by atoms with E-state index in [1.165, 1.54) is 9.80 Å². The Hall–Kier alpha value is -2.97. The normalized spacial score (nSPS) is 21.8. The predicted molar refractivity (Wildman–Crippen MR) is 125 cm³/mol. The summed E-state index contributed by atoms with van der Waals surface area (Å²) in [5.41, 5.74) is -0.382. The molecule has 8 heteroatoms. The Morgan fingerprint density at radius 3 is 2.38 bits per heavy atom. The second-order valence-corrected chi connectivity index (χ2v) is 9.18. The van der Waals surface area contributed by atoms with Gasteiger partial charge in [-0.2, -0.15) is 0 Å². The standard InChI is InChI=1S/C24H24BrN3O4/c1-26(2)13-6-14-28-22(31)21(30)19(20(29)15-9-11-16(25)12-10-15)24(28)17-7-4-5-8-18(17)27(3)23(24)32/h4-5,7-12,29H,6,13-14H2,1-3H3/t24-/m1/s1. The molecule has 0 aromatic heterocycles. The van der Waals surface area contributed by atoms with Crippen LogP contribution in [-0.4, -0.2) is 66.7 Å². The summed E-state index contributed by atoms with van der Waals surface area (Å²) in [4.78, 5) is 45.1. The summed E-state index contributed by atoms with van der Waals surface area (Å²) < 4.78 is 0.801. The van der Waals surface area contributed by atoms with Crippen molar-refractivity contribution in [3.05, 3.63) is 69.7 Å². The molecule has 1 atom stereocenters. The van der Waals surface area contributed by atoms with Crippen molar-refractivity contribution in [2.24, 2.45) is 0 Å². The highest BCUT2D eigenvalue weighted by atomic mass is 79.9. The van der Waals surface area contributed by atoms with Gasteiger partial charge in [0.1, 0.15) is 5.76 Å². The molecule has 2 aromatic rings. The Morgan fingerprint density at radius 1 is 1.06 bits per heavy atom. The molecule has 2 aliphatic rings. The Balaban J connectivity index is 1.98. The number of carbonyl (C=O) groups is 3. The van der Waals surface area contributed by atoms with Gasteiger partial charge in [0.2, 0.25) is 0 Å². The number of likely N-dealkylation sites (N-methyl/N-ethyl adjacent to an activating group) is 1. The fourth-order valence-corrected chi connectivity index (χ4v) is 4.83. The highest BCUT2D eigenvalue weighted by molar-refractivity contribution is 9.10. The zero-order chi connectivity index (χ0) is 23.2. The molecular weight excluding hydrogens is 474 g/mol. The van der Waals surface area contributed by atoms with Crippen molar-refractivity contribution >= 4 is 45.0 Å². The molecule has 1 fully saturated rings. The minimum Gasteiger partial charge on any atom is -0.507 e. The summed E-state index contributed by atoms with van der Waals surface area (Å²) in [6, 6.07) is 13.8. The summed E-state index contributed by atoms with van der Waals surface area (Å²) in [5.74, 6) is -2.42. The van der Waals surface area contributed by atoms with Gasteiger partial charge >= 0.3 is 0 Å². The number of benzene rings is 2. The lowest BCUT2D eigenvalue weighted by Crippen LogP contribution is -2.51. The second-order valence-electron chi connectivity index (χ2n) is 8.26. The third-order valence-electron chi connectivity index (χ3n) is 6.04. The van der Waals surface area contributed by atoms with Crippen LogP contribution in [0.5, 0.6) is 0 Å². The van der Waals surface area contributed by atoms with E-state index in [1.54, 1.807) is 55.6 Å². The fraction of sp³-hybridized carbons (Fsp3) is 0.292. The van der Waals surface area contributed by atoms with Gasteiger partial charge in [0.05, 0.1) is 5.57 Å². The summed E-state index contributed by atoms with van der Waals surface area (Å²) in [7, 11) is 5.46. The van der Waals surface area contributed by atoms with E-state index in [1.807, 2.05) is 19.0 Å². The number of aliphatic hydroxyl groups is 1. The summed E-state index contributed by atoms with van der Waals surface area (Å²) in [6.07, 6.45) is 0.569. The van der Waals surface area contributed by atoms with E-state index in [0.717, 1.165) is 4.47 Å². The number of Topliss-reactive ketones (excluding diaryl/α,β-unsaturated/α-hetero) is 1. The van der Waals surface area contributed by atoms with Gasteiger partial charge in [0.15, 0.2) is 5.54 Å². The quantitative estimate of drug-likeness (QED) is 0.390. The molecule has 166 valence electrons. The van der Waals surface area contributed by atoms with Crippen LogP contribution in [0.25, 0.3) is 5.76 Å². The first-order chi connectivity index (χ1) is 15.2. The average molecular weight is 498 g/mol. The number of halogens is 1. The van der Waals surface area contributed by atoms with Crippen LogP contribution in [0.15, 0.2) is 58.6 Å². The van der Waals surface area contributed by atoms with Crippen molar-refractivity contribution in [1.29, 1.82) is 0 Å². The van der Waals surface area contributed by atoms with Crippen molar-refractivity contribution < 1.29 is 19.5 Å². The van der Waals surface area contributed by atoms with Gasteiger partial charge in [0.25, 0.3) is 17.6 Å². The fourth-order valence-electron chi connectivity index (χ4n) is 4.57. The Bertz CT molecular complexity index is 1140. The van der Waals surface area contributed by atoms with E-state index in [9.17, 15) is 19.5 Å². The number of ketones is 1. The van der Waals surface area contributed by atoms with Gasteiger partial charge in [0, 0.05) is 34.9 Å².